The highest BCUT2D eigenvalue weighted by Crippen LogP contribution is 2.07. The molecular weight excluding hydrogens is 192 g/mol. The minimum Gasteiger partial charge on any atom is -0.463 e. The quantitative estimate of drug-likeness (QED) is 0.601. The highest BCUT2D eigenvalue weighted by atomic mass is 16.5. The second-order valence-corrected chi connectivity index (χ2v) is 2.96. The van der Waals surface area contributed by atoms with Crippen molar-refractivity contribution < 1.29 is 14.6 Å². The van der Waals surface area contributed by atoms with Crippen molar-refractivity contribution in [2.75, 3.05) is 13.2 Å². The van der Waals surface area contributed by atoms with Crippen LogP contribution in [0.5, 0.6) is 0 Å². The van der Waals surface area contributed by atoms with Gasteiger partial charge in [-0.3, -0.25) is 0 Å². The lowest BCUT2D eigenvalue weighted by Gasteiger charge is -2.03. The third-order valence-electron chi connectivity index (χ3n) is 1.85. The lowest BCUT2D eigenvalue weighted by atomic mass is 10.1. The molecular formula is C12H14O3. The third-order valence-corrected chi connectivity index (χ3v) is 1.85. The van der Waals surface area contributed by atoms with Gasteiger partial charge >= 0.3 is 5.97 Å². The van der Waals surface area contributed by atoms with E-state index in [2.05, 4.69) is 0 Å². The van der Waals surface area contributed by atoms with E-state index in [1.165, 1.54) is 0 Å². The second kappa shape index (κ2) is 5.98. The van der Waals surface area contributed by atoms with Crippen LogP contribution in [-0.2, 0) is 9.53 Å². The molecule has 1 aromatic carbocycles. The van der Waals surface area contributed by atoms with Crippen LogP contribution in [0.15, 0.2) is 35.9 Å². The fraction of sp³-hybridized carbons (Fsp3) is 0.250. The number of aliphatic hydroxyl groups is 1. The fourth-order valence-electron chi connectivity index (χ4n) is 1.14. The molecule has 3 nitrogen and oxygen atoms in total. The highest BCUT2D eigenvalue weighted by Gasteiger charge is 2.08. The molecule has 1 rings (SSSR count). The molecule has 0 saturated heterocycles. The molecule has 1 aromatic rings. The highest BCUT2D eigenvalue weighted by molar-refractivity contribution is 5.93. The molecule has 0 aliphatic heterocycles. The molecule has 3 heteroatoms. The van der Waals surface area contributed by atoms with Crippen molar-refractivity contribution in [1.82, 2.24) is 0 Å². The number of aliphatic hydroxyl groups excluding tert-OH is 1. The average molecular weight is 206 g/mol. The van der Waals surface area contributed by atoms with Gasteiger partial charge in [-0.2, -0.15) is 0 Å². The standard InChI is InChI=1S/C12H14O3/c1-2-15-12(14)11(9-13)8-10-6-4-3-5-7-10/h3-8,13H,2,9H2,1H3/b11-8-. The third kappa shape index (κ3) is 3.56. The van der Waals surface area contributed by atoms with Crippen LogP contribution in [0, 0.1) is 0 Å². The number of esters is 1. The van der Waals surface area contributed by atoms with Gasteiger partial charge in [0.2, 0.25) is 0 Å². The first-order valence-corrected chi connectivity index (χ1v) is 4.81. The molecule has 15 heavy (non-hydrogen) atoms. The molecule has 0 fully saturated rings. The SMILES string of the molecule is CCOC(=O)/C(=C\c1ccccc1)CO. The maximum atomic E-state index is 11.3. The Bertz CT molecular complexity index is 341. The normalized spacial score (nSPS) is 11.2. The van der Waals surface area contributed by atoms with E-state index < -0.39 is 5.97 Å². The van der Waals surface area contributed by atoms with Gasteiger partial charge in [0.1, 0.15) is 0 Å². The van der Waals surface area contributed by atoms with Gasteiger partial charge in [0, 0.05) is 0 Å². The van der Waals surface area contributed by atoms with Crippen LogP contribution in [0.1, 0.15) is 12.5 Å². The Morgan fingerprint density at radius 2 is 2.07 bits per heavy atom. The van der Waals surface area contributed by atoms with Crippen molar-refractivity contribution in [3.63, 3.8) is 0 Å². The first kappa shape index (κ1) is 11.5. The zero-order valence-corrected chi connectivity index (χ0v) is 8.64. The second-order valence-electron chi connectivity index (χ2n) is 2.96. The maximum Gasteiger partial charge on any atom is 0.336 e. The van der Waals surface area contributed by atoms with Gasteiger partial charge in [-0.1, -0.05) is 30.3 Å². The molecule has 0 spiro atoms. The molecule has 0 unspecified atom stereocenters. The van der Waals surface area contributed by atoms with Gasteiger partial charge in [0.15, 0.2) is 0 Å². The number of ether oxygens (including phenoxy) is 1. The van der Waals surface area contributed by atoms with E-state index in [1.54, 1.807) is 13.0 Å². The summed E-state index contributed by atoms with van der Waals surface area (Å²) in [4.78, 5) is 11.3. The van der Waals surface area contributed by atoms with E-state index in [-0.39, 0.29) is 12.2 Å². The summed E-state index contributed by atoms with van der Waals surface area (Å²) in [6, 6.07) is 9.34. The van der Waals surface area contributed by atoms with Gasteiger partial charge in [0.25, 0.3) is 0 Å². The van der Waals surface area contributed by atoms with Crippen molar-refractivity contribution in [3.05, 3.63) is 41.5 Å². The van der Waals surface area contributed by atoms with Gasteiger partial charge in [-0.15, -0.1) is 0 Å². The van der Waals surface area contributed by atoms with Gasteiger partial charge in [-0.05, 0) is 18.6 Å². The molecule has 80 valence electrons. The lowest BCUT2D eigenvalue weighted by Crippen LogP contribution is -2.10. The summed E-state index contributed by atoms with van der Waals surface area (Å²) in [5.41, 5.74) is 1.14. The predicted molar refractivity (Wildman–Crippen MR) is 58.1 cm³/mol. The topological polar surface area (TPSA) is 46.5 Å². The number of hydrogen-bond acceptors (Lipinski definition) is 3. The number of benzene rings is 1. The molecule has 0 saturated carbocycles. The van der Waals surface area contributed by atoms with Gasteiger partial charge < -0.3 is 9.84 Å². The fourth-order valence-corrected chi connectivity index (χ4v) is 1.14. The van der Waals surface area contributed by atoms with E-state index in [0.717, 1.165) is 5.56 Å². The zero-order chi connectivity index (χ0) is 11.1. The van der Waals surface area contributed by atoms with Crippen molar-refractivity contribution in [1.29, 1.82) is 0 Å². The molecule has 1 N–H and O–H groups in total. The Labute approximate surface area is 89.0 Å². The minimum absolute atomic E-state index is 0.267. The molecule has 0 amide bonds. The van der Waals surface area contributed by atoms with Crippen LogP contribution in [0.2, 0.25) is 0 Å². The zero-order valence-electron chi connectivity index (χ0n) is 8.64. The molecule has 0 heterocycles. The number of carbonyl (C=O) groups is 1. The average Bonchev–Trinajstić information content (AvgIpc) is 2.27. The summed E-state index contributed by atoms with van der Waals surface area (Å²) >= 11 is 0. The number of rotatable bonds is 4. The molecule has 0 aliphatic carbocycles. The molecule has 0 aromatic heterocycles. The smallest absolute Gasteiger partial charge is 0.336 e. The van der Waals surface area contributed by atoms with Crippen LogP contribution in [0.25, 0.3) is 6.08 Å². The van der Waals surface area contributed by atoms with E-state index in [9.17, 15) is 4.79 Å². The summed E-state index contributed by atoms with van der Waals surface area (Å²) in [5, 5.41) is 9.02. The lowest BCUT2D eigenvalue weighted by molar-refractivity contribution is -0.138. The summed E-state index contributed by atoms with van der Waals surface area (Å²) in [6.07, 6.45) is 1.62. The van der Waals surface area contributed by atoms with Crippen LogP contribution in [0.3, 0.4) is 0 Å². The summed E-state index contributed by atoms with van der Waals surface area (Å²) < 4.78 is 4.80. The van der Waals surface area contributed by atoms with E-state index in [4.69, 9.17) is 9.84 Å². The van der Waals surface area contributed by atoms with Crippen LogP contribution in [0.4, 0.5) is 0 Å². The van der Waals surface area contributed by atoms with E-state index >= 15 is 0 Å². The van der Waals surface area contributed by atoms with Gasteiger partial charge in [0.05, 0.1) is 18.8 Å². The van der Waals surface area contributed by atoms with Crippen LogP contribution >= 0.6 is 0 Å². The first-order valence-electron chi connectivity index (χ1n) is 4.81. The molecule has 0 aliphatic rings. The number of hydrogen-bond donors (Lipinski definition) is 1. The number of carbonyl (C=O) groups excluding carboxylic acids is 1. The molecule has 0 radical (unpaired) electrons. The van der Waals surface area contributed by atoms with Gasteiger partial charge in [-0.25, -0.2) is 4.79 Å². The molecule has 0 bridgehead atoms. The molecule has 0 atom stereocenters. The first-order chi connectivity index (χ1) is 7.27. The van der Waals surface area contributed by atoms with Crippen LogP contribution in [-0.4, -0.2) is 24.3 Å². The van der Waals surface area contributed by atoms with Crippen molar-refractivity contribution in [2.45, 2.75) is 6.92 Å². The Kier molecular flexibility index (Phi) is 4.57. The summed E-state index contributed by atoms with van der Waals surface area (Å²) in [6.45, 7) is 1.73. The van der Waals surface area contributed by atoms with E-state index in [0.29, 0.717) is 6.61 Å². The van der Waals surface area contributed by atoms with E-state index in [1.807, 2.05) is 30.3 Å². The predicted octanol–water partition coefficient (Wildman–Crippen LogP) is 1.63. The Balaban J connectivity index is 2.83. The summed E-state index contributed by atoms with van der Waals surface area (Å²) in [5.74, 6) is -0.469. The maximum absolute atomic E-state index is 11.3. The van der Waals surface area contributed by atoms with Crippen molar-refractivity contribution in [2.24, 2.45) is 0 Å². The largest absolute Gasteiger partial charge is 0.463 e. The Hall–Kier alpha value is -1.61. The Morgan fingerprint density at radius 1 is 1.40 bits per heavy atom. The monoisotopic (exact) mass is 206 g/mol. The van der Waals surface area contributed by atoms with Crippen molar-refractivity contribution in [3.8, 4) is 0 Å². The Morgan fingerprint density at radius 3 is 2.60 bits per heavy atom. The van der Waals surface area contributed by atoms with Crippen LogP contribution < -0.4 is 0 Å². The summed E-state index contributed by atoms with van der Waals surface area (Å²) in [7, 11) is 0. The minimum atomic E-state index is -0.469. The van der Waals surface area contributed by atoms with Crippen molar-refractivity contribution >= 4 is 12.0 Å².